The topological polar surface area (TPSA) is 89.7 Å². The molecule has 0 N–H and O–H groups in total. The lowest BCUT2D eigenvalue weighted by molar-refractivity contribution is -0.132. The Bertz CT molecular complexity index is 1500. The molecule has 0 aliphatic carbocycles. The second-order valence-corrected chi connectivity index (χ2v) is 9.89. The van der Waals surface area contributed by atoms with E-state index in [-0.39, 0.29) is 5.91 Å². The van der Waals surface area contributed by atoms with E-state index in [0.717, 1.165) is 43.2 Å². The van der Waals surface area contributed by atoms with Gasteiger partial charge in [-0.05, 0) is 55.2 Å². The molecule has 0 unspecified atom stereocenters. The van der Waals surface area contributed by atoms with Crippen molar-refractivity contribution in [3.63, 3.8) is 0 Å². The molecule has 0 saturated carbocycles. The first-order chi connectivity index (χ1) is 17.8. The summed E-state index contributed by atoms with van der Waals surface area (Å²) in [4.78, 5) is 43.2. The van der Waals surface area contributed by atoms with Gasteiger partial charge in [-0.15, -0.1) is 11.3 Å². The van der Waals surface area contributed by atoms with Crippen molar-refractivity contribution in [2.24, 2.45) is 0 Å². The summed E-state index contributed by atoms with van der Waals surface area (Å²) in [5.74, 6) is -0.187. The SMILES string of the molecule is CCCCCCc1cc2cc(-c3csc(N(C(C)=O)c4cccc(C)c4)n3)c(=O)oc2cc1OC(C)=O. The molecule has 2 aromatic heterocycles. The molecule has 0 aliphatic rings. The van der Waals surface area contributed by atoms with Crippen LogP contribution in [0.25, 0.3) is 22.2 Å². The third-order valence-corrected chi connectivity index (χ3v) is 6.83. The van der Waals surface area contributed by atoms with Crippen molar-refractivity contribution in [1.29, 1.82) is 0 Å². The number of aromatic nitrogens is 1. The maximum Gasteiger partial charge on any atom is 0.345 e. The predicted octanol–water partition coefficient (Wildman–Crippen LogP) is 6.96. The molecule has 37 heavy (non-hydrogen) atoms. The van der Waals surface area contributed by atoms with Crippen LogP contribution in [0, 0.1) is 6.92 Å². The van der Waals surface area contributed by atoms with E-state index in [1.807, 2.05) is 37.3 Å². The molecule has 0 spiro atoms. The highest BCUT2D eigenvalue weighted by molar-refractivity contribution is 7.14. The van der Waals surface area contributed by atoms with Gasteiger partial charge < -0.3 is 9.15 Å². The lowest BCUT2D eigenvalue weighted by Gasteiger charge is -2.18. The molecule has 1 amide bonds. The number of amides is 1. The van der Waals surface area contributed by atoms with Gasteiger partial charge in [0.1, 0.15) is 11.3 Å². The van der Waals surface area contributed by atoms with Crippen LogP contribution in [0.5, 0.6) is 5.75 Å². The van der Waals surface area contributed by atoms with E-state index in [1.165, 1.54) is 30.1 Å². The van der Waals surface area contributed by atoms with E-state index < -0.39 is 11.6 Å². The van der Waals surface area contributed by atoms with E-state index in [4.69, 9.17) is 9.15 Å². The number of anilines is 2. The van der Waals surface area contributed by atoms with Crippen molar-refractivity contribution in [2.45, 2.75) is 59.8 Å². The minimum atomic E-state index is -0.557. The maximum atomic E-state index is 12.9. The number of ether oxygens (including phenoxy) is 1. The van der Waals surface area contributed by atoms with Gasteiger partial charge >= 0.3 is 11.6 Å². The van der Waals surface area contributed by atoms with Gasteiger partial charge in [0.25, 0.3) is 0 Å². The minimum absolute atomic E-state index is 0.178. The van der Waals surface area contributed by atoms with Crippen LogP contribution in [0.2, 0.25) is 0 Å². The second-order valence-electron chi connectivity index (χ2n) is 9.06. The number of hydrogen-bond donors (Lipinski definition) is 0. The lowest BCUT2D eigenvalue weighted by atomic mass is 10.0. The molecule has 0 atom stereocenters. The normalized spacial score (nSPS) is 11.0. The Labute approximate surface area is 219 Å². The molecule has 192 valence electrons. The highest BCUT2D eigenvalue weighted by Gasteiger charge is 2.20. The quantitative estimate of drug-likeness (QED) is 0.103. The third kappa shape index (κ3) is 6.14. The van der Waals surface area contributed by atoms with Crippen LogP contribution < -0.4 is 15.3 Å². The van der Waals surface area contributed by atoms with E-state index in [2.05, 4.69) is 11.9 Å². The molecule has 8 heteroatoms. The van der Waals surface area contributed by atoms with E-state index in [9.17, 15) is 14.4 Å². The number of fused-ring (bicyclic) bond motifs is 1. The fourth-order valence-electron chi connectivity index (χ4n) is 4.25. The Hall–Kier alpha value is -3.78. The molecular formula is C29H30N2O5S. The first-order valence-electron chi connectivity index (χ1n) is 12.4. The first-order valence-corrected chi connectivity index (χ1v) is 13.3. The van der Waals surface area contributed by atoms with E-state index >= 15 is 0 Å². The number of unbranched alkanes of at least 4 members (excludes halogenated alkanes) is 3. The average Bonchev–Trinajstić information content (AvgIpc) is 3.30. The summed E-state index contributed by atoms with van der Waals surface area (Å²) in [7, 11) is 0. The zero-order chi connectivity index (χ0) is 26.5. The number of benzene rings is 2. The van der Waals surface area contributed by atoms with Crippen molar-refractivity contribution in [3.8, 4) is 17.0 Å². The average molecular weight is 519 g/mol. The molecule has 0 fully saturated rings. The standard InChI is InChI=1S/C29H30N2O5S/c1-5-6-7-8-11-21-14-22-15-24(28(34)36-27(22)16-26(21)35-20(4)33)25-17-37-29(30-25)31(19(3)32)23-12-9-10-18(2)13-23/h9-10,12-17H,5-8,11H2,1-4H3. The molecule has 0 bridgehead atoms. The number of carbonyl (C=O) groups excluding carboxylic acids is 2. The van der Waals surface area contributed by atoms with E-state index in [0.29, 0.717) is 38.8 Å². The number of nitrogens with zero attached hydrogens (tertiary/aromatic N) is 2. The number of aryl methyl sites for hydroxylation is 2. The minimum Gasteiger partial charge on any atom is -0.426 e. The summed E-state index contributed by atoms with van der Waals surface area (Å²) in [5, 5.41) is 2.93. The van der Waals surface area contributed by atoms with Gasteiger partial charge in [-0.3, -0.25) is 14.5 Å². The molecule has 0 aliphatic heterocycles. The van der Waals surface area contributed by atoms with Gasteiger partial charge in [-0.2, -0.15) is 0 Å². The molecule has 0 saturated heterocycles. The Morgan fingerprint density at radius 2 is 1.89 bits per heavy atom. The molecule has 4 aromatic rings. The summed E-state index contributed by atoms with van der Waals surface area (Å²) in [5.41, 5.74) is 3.14. The highest BCUT2D eigenvalue weighted by Crippen LogP contribution is 2.34. The van der Waals surface area contributed by atoms with Crippen molar-refractivity contribution in [2.75, 3.05) is 4.90 Å². The highest BCUT2D eigenvalue weighted by atomic mass is 32.1. The maximum absolute atomic E-state index is 12.9. The van der Waals surface area contributed by atoms with Crippen LogP contribution in [-0.4, -0.2) is 16.9 Å². The van der Waals surface area contributed by atoms with E-state index in [1.54, 1.807) is 17.5 Å². The van der Waals surface area contributed by atoms with Crippen molar-refractivity contribution >= 4 is 45.0 Å². The van der Waals surface area contributed by atoms with Gasteiger partial charge in [0.2, 0.25) is 5.91 Å². The zero-order valence-corrected chi connectivity index (χ0v) is 22.3. The predicted molar refractivity (Wildman–Crippen MR) is 147 cm³/mol. The zero-order valence-electron chi connectivity index (χ0n) is 21.5. The fraction of sp³-hybridized carbons (Fsp3) is 0.310. The number of hydrogen-bond acceptors (Lipinski definition) is 7. The smallest absolute Gasteiger partial charge is 0.345 e. The molecule has 2 heterocycles. The first kappa shape index (κ1) is 26.3. The monoisotopic (exact) mass is 518 g/mol. The Balaban J connectivity index is 1.73. The Morgan fingerprint density at radius 3 is 2.59 bits per heavy atom. The van der Waals surface area contributed by atoms with Crippen molar-refractivity contribution < 1.29 is 18.7 Å². The number of rotatable bonds is 9. The summed E-state index contributed by atoms with van der Waals surface area (Å²) in [6.07, 6.45) is 5.06. The summed E-state index contributed by atoms with van der Waals surface area (Å²) >= 11 is 1.28. The van der Waals surface area contributed by atoms with Gasteiger partial charge in [0.15, 0.2) is 5.13 Å². The number of thiazole rings is 1. The van der Waals surface area contributed by atoms with Crippen LogP contribution in [0.15, 0.2) is 57.1 Å². The summed E-state index contributed by atoms with van der Waals surface area (Å²) < 4.78 is 11.0. The summed E-state index contributed by atoms with van der Waals surface area (Å²) in [6.45, 7) is 6.95. The summed E-state index contributed by atoms with van der Waals surface area (Å²) in [6, 6.07) is 12.9. The lowest BCUT2D eigenvalue weighted by Crippen LogP contribution is -2.22. The van der Waals surface area contributed by atoms with Crippen molar-refractivity contribution in [3.05, 3.63) is 69.4 Å². The molecule has 2 aromatic carbocycles. The van der Waals surface area contributed by atoms with Gasteiger partial charge in [-0.1, -0.05) is 38.3 Å². The Morgan fingerprint density at radius 1 is 1.08 bits per heavy atom. The largest absolute Gasteiger partial charge is 0.426 e. The molecule has 0 radical (unpaired) electrons. The molecular weight excluding hydrogens is 488 g/mol. The van der Waals surface area contributed by atoms with Gasteiger partial charge in [-0.25, -0.2) is 9.78 Å². The molecule has 7 nitrogen and oxygen atoms in total. The molecule has 4 rings (SSSR count). The number of esters is 1. The fourth-order valence-corrected chi connectivity index (χ4v) is 5.13. The Kier molecular flexibility index (Phi) is 8.18. The van der Waals surface area contributed by atoms with Crippen LogP contribution in [0.1, 0.15) is 57.6 Å². The van der Waals surface area contributed by atoms with Gasteiger partial charge in [0, 0.05) is 30.7 Å². The van der Waals surface area contributed by atoms with Crippen LogP contribution in [-0.2, 0) is 16.0 Å². The van der Waals surface area contributed by atoms with Crippen molar-refractivity contribution in [1.82, 2.24) is 4.98 Å². The van der Waals surface area contributed by atoms with Crippen LogP contribution in [0.3, 0.4) is 0 Å². The van der Waals surface area contributed by atoms with Gasteiger partial charge in [0.05, 0.1) is 16.9 Å². The second kappa shape index (κ2) is 11.5. The third-order valence-electron chi connectivity index (χ3n) is 6.00. The number of carbonyl (C=O) groups is 2. The van der Waals surface area contributed by atoms with Crippen LogP contribution >= 0.6 is 11.3 Å². The van der Waals surface area contributed by atoms with Crippen LogP contribution in [0.4, 0.5) is 10.8 Å².